The highest BCUT2D eigenvalue weighted by Gasteiger charge is 2.27. The predicted octanol–water partition coefficient (Wildman–Crippen LogP) is 2.64. The van der Waals surface area contributed by atoms with Crippen LogP contribution < -0.4 is 5.32 Å². The molecule has 0 saturated heterocycles. The molecule has 1 N–H and O–H groups in total. The van der Waals surface area contributed by atoms with Gasteiger partial charge in [-0.2, -0.15) is 0 Å². The maximum atomic E-state index is 11.7. The number of carbonyl (C=O) groups is 1. The Morgan fingerprint density at radius 2 is 2.00 bits per heavy atom. The minimum Gasteiger partial charge on any atom is -0.392 e. The number of rotatable bonds is 8. The largest absolute Gasteiger partial charge is 0.392 e. The molecule has 0 aliphatic carbocycles. The summed E-state index contributed by atoms with van der Waals surface area (Å²) in [7, 11) is -1.16. The van der Waals surface area contributed by atoms with Crippen molar-refractivity contribution in [3.63, 3.8) is 0 Å². The first kappa shape index (κ1) is 19.2. The van der Waals surface area contributed by atoms with Gasteiger partial charge < -0.3 is 10.2 Å². The average molecular weight is 385 g/mol. The molecule has 1 aromatic carbocycles. The maximum absolute atomic E-state index is 11.7. The minimum atomic E-state index is -1.16. The number of carbonyl (C=O) groups excluding carboxylic acids is 1. The molecule has 3 unspecified atom stereocenters. The molecule has 3 rings (SSSR count). The van der Waals surface area contributed by atoms with Gasteiger partial charge in [0.25, 0.3) is 0 Å². The normalized spacial score (nSPS) is 18.3. The van der Waals surface area contributed by atoms with Gasteiger partial charge in [0.15, 0.2) is 0 Å². The van der Waals surface area contributed by atoms with Crippen LogP contribution in [0.4, 0.5) is 0 Å². The molecule has 2 aromatic rings. The van der Waals surface area contributed by atoms with Crippen molar-refractivity contribution in [2.75, 3.05) is 6.26 Å². The SMILES string of the molecule is CCc1cc(-c2ccc(C3=NOC(CC(NC=O)S(C)=O)C3)cc2)ccn1. The molecule has 1 aliphatic heterocycles. The number of amides is 1. The number of oxime groups is 1. The van der Waals surface area contributed by atoms with Gasteiger partial charge in [0.05, 0.1) is 5.71 Å². The molecular formula is C20H23N3O3S. The number of hydrogen-bond acceptors (Lipinski definition) is 5. The van der Waals surface area contributed by atoms with E-state index in [1.807, 2.05) is 24.4 Å². The summed E-state index contributed by atoms with van der Waals surface area (Å²) >= 11 is 0. The standard InChI is InChI=1S/C20H23N3O3S/c1-3-17-10-16(8-9-21-17)14-4-6-15(7-5-14)19-11-18(26-23-19)12-20(22-13-24)27(2)25/h4-10,13,18,20H,3,11-12H2,1-2H3,(H,22,24). The average Bonchev–Trinajstić information content (AvgIpc) is 3.16. The van der Waals surface area contributed by atoms with Crippen LogP contribution in [-0.4, -0.2) is 39.0 Å². The van der Waals surface area contributed by atoms with E-state index in [1.165, 1.54) is 0 Å². The summed E-state index contributed by atoms with van der Waals surface area (Å²) in [6, 6.07) is 12.3. The van der Waals surface area contributed by atoms with E-state index in [0.717, 1.165) is 34.5 Å². The van der Waals surface area contributed by atoms with Gasteiger partial charge in [-0.3, -0.25) is 14.0 Å². The maximum Gasteiger partial charge on any atom is 0.208 e. The fourth-order valence-electron chi connectivity index (χ4n) is 3.05. The Morgan fingerprint density at radius 1 is 1.26 bits per heavy atom. The van der Waals surface area contributed by atoms with Crippen LogP contribution in [0.5, 0.6) is 0 Å². The lowest BCUT2D eigenvalue weighted by molar-refractivity contribution is -0.109. The van der Waals surface area contributed by atoms with Crippen LogP contribution in [0, 0.1) is 0 Å². The molecule has 142 valence electrons. The summed E-state index contributed by atoms with van der Waals surface area (Å²) in [6.07, 6.45) is 5.79. The number of pyridine rings is 1. The van der Waals surface area contributed by atoms with E-state index < -0.39 is 16.2 Å². The Balaban J connectivity index is 1.66. The first-order valence-corrected chi connectivity index (χ1v) is 10.5. The van der Waals surface area contributed by atoms with E-state index in [4.69, 9.17) is 4.84 Å². The highest BCUT2D eigenvalue weighted by Crippen LogP contribution is 2.24. The lowest BCUT2D eigenvalue weighted by Gasteiger charge is -2.16. The number of nitrogens with one attached hydrogen (secondary N) is 1. The topological polar surface area (TPSA) is 80.6 Å². The van der Waals surface area contributed by atoms with Crippen molar-refractivity contribution < 1.29 is 13.8 Å². The number of benzene rings is 1. The van der Waals surface area contributed by atoms with Crippen molar-refractivity contribution in [1.29, 1.82) is 0 Å². The molecule has 1 aromatic heterocycles. The Labute approximate surface area is 161 Å². The Hall–Kier alpha value is -2.54. The van der Waals surface area contributed by atoms with Crippen LogP contribution in [0.2, 0.25) is 0 Å². The second-order valence-corrected chi connectivity index (χ2v) is 8.01. The molecule has 3 atom stereocenters. The van der Waals surface area contributed by atoms with Crippen LogP contribution >= 0.6 is 0 Å². The van der Waals surface area contributed by atoms with Crippen molar-refractivity contribution in [2.45, 2.75) is 37.7 Å². The highest BCUT2D eigenvalue weighted by atomic mass is 32.2. The monoisotopic (exact) mass is 385 g/mol. The van der Waals surface area contributed by atoms with Crippen molar-refractivity contribution >= 4 is 22.9 Å². The first-order valence-electron chi connectivity index (χ1n) is 8.91. The van der Waals surface area contributed by atoms with Gasteiger partial charge in [0.1, 0.15) is 11.5 Å². The van der Waals surface area contributed by atoms with Crippen molar-refractivity contribution in [3.8, 4) is 11.1 Å². The lowest BCUT2D eigenvalue weighted by atomic mass is 9.99. The molecule has 0 radical (unpaired) electrons. The Kier molecular flexibility index (Phi) is 6.34. The van der Waals surface area contributed by atoms with Gasteiger partial charge in [-0.1, -0.05) is 36.3 Å². The summed E-state index contributed by atoms with van der Waals surface area (Å²) in [5.74, 6) is 0. The minimum absolute atomic E-state index is 0.187. The molecular weight excluding hydrogens is 362 g/mol. The Morgan fingerprint density at radius 3 is 2.67 bits per heavy atom. The van der Waals surface area contributed by atoms with Gasteiger partial charge in [0, 0.05) is 41.8 Å². The zero-order chi connectivity index (χ0) is 19.2. The van der Waals surface area contributed by atoms with Gasteiger partial charge in [-0.15, -0.1) is 0 Å². The van der Waals surface area contributed by atoms with Gasteiger partial charge in [-0.05, 0) is 35.2 Å². The zero-order valence-electron chi connectivity index (χ0n) is 15.4. The lowest BCUT2D eigenvalue weighted by Crippen LogP contribution is -2.35. The molecule has 0 saturated carbocycles. The smallest absolute Gasteiger partial charge is 0.208 e. The fourth-order valence-corrected chi connectivity index (χ4v) is 3.78. The van der Waals surface area contributed by atoms with Crippen LogP contribution in [0.15, 0.2) is 47.8 Å². The van der Waals surface area contributed by atoms with E-state index in [0.29, 0.717) is 19.3 Å². The summed E-state index contributed by atoms with van der Waals surface area (Å²) in [5.41, 5.74) is 5.21. The quantitative estimate of drug-likeness (QED) is 0.709. The molecule has 27 heavy (non-hydrogen) atoms. The third-order valence-electron chi connectivity index (χ3n) is 4.59. The van der Waals surface area contributed by atoms with Gasteiger partial charge in [-0.25, -0.2) is 0 Å². The number of aryl methyl sites for hydroxylation is 1. The fraction of sp³-hybridized carbons (Fsp3) is 0.350. The van der Waals surface area contributed by atoms with E-state index in [9.17, 15) is 9.00 Å². The van der Waals surface area contributed by atoms with E-state index in [1.54, 1.807) is 6.26 Å². The van der Waals surface area contributed by atoms with Crippen LogP contribution in [0.1, 0.15) is 31.0 Å². The highest BCUT2D eigenvalue weighted by molar-refractivity contribution is 7.84. The molecule has 0 fully saturated rings. The molecule has 7 heteroatoms. The number of aromatic nitrogens is 1. The predicted molar refractivity (Wildman–Crippen MR) is 107 cm³/mol. The summed E-state index contributed by atoms with van der Waals surface area (Å²) in [5, 5.41) is 6.34. The van der Waals surface area contributed by atoms with Crippen LogP contribution in [0.25, 0.3) is 11.1 Å². The second-order valence-electron chi connectivity index (χ2n) is 6.44. The van der Waals surface area contributed by atoms with Crippen molar-refractivity contribution in [2.24, 2.45) is 5.16 Å². The first-order chi connectivity index (χ1) is 13.1. The summed E-state index contributed by atoms with van der Waals surface area (Å²) in [4.78, 5) is 20.5. The van der Waals surface area contributed by atoms with E-state index in [-0.39, 0.29) is 6.10 Å². The zero-order valence-corrected chi connectivity index (χ0v) is 16.2. The molecule has 1 amide bonds. The van der Waals surface area contributed by atoms with Gasteiger partial charge >= 0.3 is 0 Å². The Bertz CT molecular complexity index is 852. The third-order valence-corrected chi connectivity index (χ3v) is 5.72. The molecule has 6 nitrogen and oxygen atoms in total. The van der Waals surface area contributed by atoms with E-state index in [2.05, 4.69) is 40.6 Å². The van der Waals surface area contributed by atoms with Crippen LogP contribution in [0.3, 0.4) is 0 Å². The molecule has 0 spiro atoms. The van der Waals surface area contributed by atoms with Crippen molar-refractivity contribution in [1.82, 2.24) is 10.3 Å². The third kappa shape index (κ3) is 4.80. The molecule has 0 bridgehead atoms. The number of nitrogens with zero attached hydrogens (tertiary/aromatic N) is 2. The van der Waals surface area contributed by atoms with Crippen molar-refractivity contribution in [3.05, 3.63) is 53.9 Å². The molecule has 1 aliphatic rings. The molecule has 2 heterocycles. The number of hydrogen-bond donors (Lipinski definition) is 1. The summed E-state index contributed by atoms with van der Waals surface area (Å²) in [6.45, 7) is 2.09. The van der Waals surface area contributed by atoms with Gasteiger partial charge in [0.2, 0.25) is 6.41 Å². The summed E-state index contributed by atoms with van der Waals surface area (Å²) < 4.78 is 11.7. The second kappa shape index (κ2) is 8.90. The van der Waals surface area contributed by atoms with Crippen LogP contribution in [-0.2, 0) is 26.9 Å². The van der Waals surface area contributed by atoms with E-state index >= 15 is 0 Å².